The number of hydrogen-bond acceptors (Lipinski definition) is 4. The van der Waals surface area contributed by atoms with Crippen molar-refractivity contribution in [3.8, 4) is 11.5 Å². The van der Waals surface area contributed by atoms with Gasteiger partial charge in [-0.3, -0.25) is 0 Å². The molecule has 0 spiro atoms. The first-order valence-electron chi connectivity index (χ1n) is 10.2. The molecule has 2 aromatic rings. The largest absolute Gasteiger partial charge is 0.496 e. The summed E-state index contributed by atoms with van der Waals surface area (Å²) in [6, 6.07) is 8.45. The molecule has 0 amide bonds. The summed E-state index contributed by atoms with van der Waals surface area (Å²) in [6.45, 7) is 0. The Morgan fingerprint density at radius 1 is 0.750 bits per heavy atom. The highest BCUT2D eigenvalue weighted by atomic mass is 16.7. The van der Waals surface area contributed by atoms with Crippen LogP contribution in [0.4, 0.5) is 0 Å². The molecule has 2 fully saturated rings. The molecule has 4 bridgehead atoms. The average Bonchev–Trinajstić information content (AvgIpc) is 3.47. The van der Waals surface area contributed by atoms with Gasteiger partial charge in [0.1, 0.15) is 11.5 Å². The molecule has 4 nitrogen and oxygen atoms in total. The number of rotatable bonds is 4. The van der Waals surface area contributed by atoms with Crippen molar-refractivity contribution in [2.75, 3.05) is 28.4 Å². The van der Waals surface area contributed by atoms with Gasteiger partial charge in [-0.2, -0.15) is 0 Å². The van der Waals surface area contributed by atoms with Crippen LogP contribution in [0.3, 0.4) is 0 Å². The number of hydrogen-bond donors (Lipinski definition) is 0. The summed E-state index contributed by atoms with van der Waals surface area (Å²) in [4.78, 5) is 0. The summed E-state index contributed by atoms with van der Waals surface area (Å²) in [5, 5.41) is 2.29. The molecule has 0 unspecified atom stereocenters. The van der Waals surface area contributed by atoms with E-state index in [-0.39, 0.29) is 0 Å². The van der Waals surface area contributed by atoms with Crippen LogP contribution < -0.4 is 9.47 Å². The third-order valence-corrected chi connectivity index (χ3v) is 8.15. The maximum atomic E-state index is 6.04. The Kier molecular flexibility index (Phi) is 3.33. The molecule has 0 aliphatic heterocycles. The molecule has 0 N–H and O–H groups in total. The minimum atomic E-state index is -0.520. The van der Waals surface area contributed by atoms with Gasteiger partial charge in [-0.05, 0) is 30.1 Å². The molecular weight excluding hydrogens is 352 g/mol. The molecule has 2 saturated carbocycles. The topological polar surface area (TPSA) is 36.9 Å². The lowest BCUT2D eigenvalue weighted by atomic mass is 9.70. The zero-order valence-electron chi connectivity index (χ0n) is 16.8. The van der Waals surface area contributed by atoms with E-state index in [1.54, 1.807) is 28.4 Å². The quantitative estimate of drug-likeness (QED) is 0.447. The van der Waals surface area contributed by atoms with Crippen LogP contribution in [0.1, 0.15) is 29.4 Å². The molecule has 4 heteroatoms. The summed E-state index contributed by atoms with van der Waals surface area (Å²) in [5.41, 5.74) is 2.73. The number of methoxy groups -OCH3 is 4. The van der Waals surface area contributed by atoms with E-state index in [1.165, 1.54) is 17.5 Å². The van der Waals surface area contributed by atoms with Gasteiger partial charge < -0.3 is 18.9 Å². The molecular formula is C24H26O4. The Hall–Kier alpha value is -2.04. The van der Waals surface area contributed by atoms with Gasteiger partial charge in [0.15, 0.2) is 5.79 Å². The summed E-state index contributed by atoms with van der Waals surface area (Å²) in [7, 11) is 7.19. The van der Waals surface area contributed by atoms with Crippen molar-refractivity contribution in [1.82, 2.24) is 0 Å². The van der Waals surface area contributed by atoms with E-state index in [4.69, 9.17) is 18.9 Å². The van der Waals surface area contributed by atoms with Gasteiger partial charge in [0, 0.05) is 48.0 Å². The summed E-state index contributed by atoms with van der Waals surface area (Å²) in [6.07, 6.45) is 5.85. The second kappa shape index (κ2) is 5.52. The molecule has 146 valence electrons. The van der Waals surface area contributed by atoms with Crippen LogP contribution >= 0.6 is 0 Å². The Morgan fingerprint density at radius 2 is 1.21 bits per heavy atom. The molecule has 2 aromatic carbocycles. The zero-order chi connectivity index (χ0) is 19.2. The predicted molar refractivity (Wildman–Crippen MR) is 107 cm³/mol. The maximum Gasteiger partial charge on any atom is 0.180 e. The number of benzene rings is 2. The second-order valence-electron chi connectivity index (χ2n) is 8.61. The monoisotopic (exact) mass is 378 g/mol. The molecule has 4 aliphatic rings. The average molecular weight is 378 g/mol. The minimum Gasteiger partial charge on any atom is -0.496 e. The van der Waals surface area contributed by atoms with Crippen LogP contribution in [0, 0.1) is 23.7 Å². The van der Waals surface area contributed by atoms with E-state index < -0.39 is 5.79 Å². The van der Waals surface area contributed by atoms with Crippen LogP contribution in [0.15, 0.2) is 36.4 Å². The van der Waals surface area contributed by atoms with Crippen LogP contribution in [-0.2, 0) is 9.47 Å². The molecule has 0 radical (unpaired) electrons. The third kappa shape index (κ3) is 1.63. The Labute approximate surface area is 165 Å². The molecule has 6 rings (SSSR count). The van der Waals surface area contributed by atoms with Crippen LogP contribution in [-0.4, -0.2) is 34.2 Å². The first kappa shape index (κ1) is 16.9. The molecule has 0 aromatic heterocycles. The van der Waals surface area contributed by atoms with E-state index in [0.29, 0.717) is 35.5 Å². The zero-order valence-corrected chi connectivity index (χ0v) is 16.8. The number of fused-ring (bicyclic) bond motifs is 13. The highest BCUT2D eigenvalue weighted by molar-refractivity contribution is 5.97. The summed E-state index contributed by atoms with van der Waals surface area (Å²) < 4.78 is 24.1. The fourth-order valence-electron chi connectivity index (χ4n) is 7.46. The van der Waals surface area contributed by atoms with E-state index in [0.717, 1.165) is 22.3 Å². The van der Waals surface area contributed by atoms with Crippen LogP contribution in [0.5, 0.6) is 11.5 Å². The molecule has 0 heterocycles. The molecule has 0 saturated heterocycles. The fraction of sp³-hybridized carbons (Fsp3) is 0.500. The molecule has 4 aliphatic carbocycles. The first-order chi connectivity index (χ1) is 13.7. The van der Waals surface area contributed by atoms with Gasteiger partial charge >= 0.3 is 0 Å². The number of ether oxygens (including phenoxy) is 4. The van der Waals surface area contributed by atoms with Gasteiger partial charge in [0.25, 0.3) is 0 Å². The van der Waals surface area contributed by atoms with Crippen molar-refractivity contribution in [1.29, 1.82) is 0 Å². The third-order valence-electron chi connectivity index (χ3n) is 8.15. The van der Waals surface area contributed by atoms with Gasteiger partial charge in [-0.15, -0.1) is 0 Å². The summed E-state index contributed by atoms with van der Waals surface area (Å²) in [5.74, 6) is 4.12. The highest BCUT2D eigenvalue weighted by Crippen LogP contribution is 2.75. The van der Waals surface area contributed by atoms with E-state index in [2.05, 4.69) is 36.4 Å². The van der Waals surface area contributed by atoms with Crippen molar-refractivity contribution in [3.63, 3.8) is 0 Å². The minimum absolute atomic E-state index is 0.294. The van der Waals surface area contributed by atoms with E-state index in [9.17, 15) is 0 Å². The van der Waals surface area contributed by atoms with Crippen LogP contribution in [0.2, 0.25) is 0 Å². The standard InChI is InChI=1S/C24H26O4/c1-25-22-12-7-5-6-8-13(12)23(26-2)21-15-11-14(20(21)22)18-16-9-10-17(19(15)18)24(16,27-3)28-4/h5-10,14-19H,11H2,1-4H3/t14-,15+,16+,17-,18-,19+. The smallest absolute Gasteiger partial charge is 0.180 e. The lowest BCUT2D eigenvalue weighted by molar-refractivity contribution is -0.235. The maximum absolute atomic E-state index is 6.04. The van der Waals surface area contributed by atoms with Gasteiger partial charge in [-0.25, -0.2) is 0 Å². The van der Waals surface area contributed by atoms with Crippen molar-refractivity contribution in [2.45, 2.75) is 24.0 Å². The van der Waals surface area contributed by atoms with Crippen molar-refractivity contribution in [3.05, 3.63) is 47.5 Å². The lowest BCUT2D eigenvalue weighted by Crippen LogP contribution is -2.41. The Balaban J connectivity index is 1.62. The van der Waals surface area contributed by atoms with Crippen molar-refractivity contribution in [2.24, 2.45) is 23.7 Å². The first-order valence-corrected chi connectivity index (χ1v) is 10.2. The molecule has 28 heavy (non-hydrogen) atoms. The lowest BCUT2D eigenvalue weighted by Gasteiger charge is -2.34. The van der Waals surface area contributed by atoms with Gasteiger partial charge in [0.05, 0.1) is 14.2 Å². The van der Waals surface area contributed by atoms with Crippen LogP contribution in [0.25, 0.3) is 10.8 Å². The SMILES string of the molecule is COc1c2c(c(OC)c3ccccc13)[C@@H]1C[C@H]2[C@@H]2[C@H]1[C@@H]1C=C[C@H]2C1(OC)OC. The Morgan fingerprint density at radius 3 is 1.61 bits per heavy atom. The fourth-order valence-corrected chi connectivity index (χ4v) is 7.46. The van der Waals surface area contributed by atoms with E-state index in [1.807, 2.05) is 0 Å². The normalized spacial score (nSPS) is 35.4. The van der Waals surface area contributed by atoms with Crippen molar-refractivity contribution < 1.29 is 18.9 Å². The highest BCUT2D eigenvalue weighted by Gasteiger charge is 2.71. The van der Waals surface area contributed by atoms with Gasteiger partial charge in [-0.1, -0.05) is 36.4 Å². The van der Waals surface area contributed by atoms with Crippen molar-refractivity contribution >= 4 is 10.8 Å². The summed E-state index contributed by atoms with van der Waals surface area (Å²) >= 11 is 0. The Bertz CT molecular complexity index is 931. The molecule has 6 atom stereocenters. The van der Waals surface area contributed by atoms with E-state index >= 15 is 0 Å². The predicted octanol–water partition coefficient (Wildman–Crippen LogP) is 4.48. The second-order valence-corrected chi connectivity index (χ2v) is 8.61. The van der Waals surface area contributed by atoms with Gasteiger partial charge in [0.2, 0.25) is 0 Å².